The smallest absolute Gasteiger partial charge is 0.163 e. The Morgan fingerprint density at radius 2 is 2.23 bits per heavy atom. The number of hydrogen-bond acceptors (Lipinski definition) is 5. The topological polar surface area (TPSA) is 64.9 Å². The highest BCUT2D eigenvalue weighted by molar-refractivity contribution is 5.85. The predicted molar refractivity (Wildman–Crippen MR) is 83.9 cm³/mol. The summed E-state index contributed by atoms with van der Waals surface area (Å²) in [5.41, 5.74) is 2.11. The number of nitrogens with one attached hydrogen (secondary N) is 1. The quantitative estimate of drug-likeness (QED) is 0.801. The molecule has 4 rings (SSSR count). The van der Waals surface area contributed by atoms with Gasteiger partial charge < -0.3 is 10.1 Å². The zero-order valence-electron chi connectivity index (χ0n) is 12.4. The van der Waals surface area contributed by atoms with E-state index in [2.05, 4.69) is 32.5 Å². The zero-order chi connectivity index (χ0) is 14.9. The molecule has 3 heterocycles. The van der Waals surface area contributed by atoms with Crippen molar-refractivity contribution >= 4 is 16.9 Å². The van der Waals surface area contributed by atoms with Gasteiger partial charge in [0.25, 0.3) is 0 Å². The van der Waals surface area contributed by atoms with E-state index in [-0.39, 0.29) is 0 Å². The molecular weight excluding hydrogens is 278 g/mol. The lowest BCUT2D eigenvalue weighted by Gasteiger charge is -2.25. The van der Waals surface area contributed by atoms with Crippen LogP contribution in [0.2, 0.25) is 0 Å². The van der Waals surface area contributed by atoms with Crippen molar-refractivity contribution in [2.24, 2.45) is 13.0 Å². The van der Waals surface area contributed by atoms with Gasteiger partial charge in [-0.2, -0.15) is 5.10 Å². The van der Waals surface area contributed by atoms with Crippen LogP contribution in [-0.4, -0.2) is 32.9 Å². The third-order valence-electron chi connectivity index (χ3n) is 4.04. The summed E-state index contributed by atoms with van der Waals surface area (Å²) in [6.07, 6.45) is 4.38. The van der Waals surface area contributed by atoms with E-state index in [0.717, 1.165) is 42.2 Å². The van der Waals surface area contributed by atoms with Crippen LogP contribution in [0.4, 0.5) is 5.82 Å². The van der Waals surface area contributed by atoms with Crippen LogP contribution < -0.4 is 10.1 Å². The van der Waals surface area contributed by atoms with Gasteiger partial charge in [0.15, 0.2) is 5.65 Å². The average molecular weight is 295 g/mol. The normalized spacial score (nSPS) is 17.0. The Balaban J connectivity index is 1.49. The number of ether oxygens (including phenoxy) is 1. The molecule has 1 aliphatic heterocycles. The number of fused-ring (bicyclic) bond motifs is 2. The Morgan fingerprint density at radius 3 is 3.18 bits per heavy atom. The molecule has 0 radical (unpaired) electrons. The standard InChI is InChI=1S/C16H17N5O/c1-21-16-13(8-20-21)15(18-10-19-16)17-7-11-6-12-4-2-3-5-14(12)22-9-11/h2-5,8,10-11H,6-7,9H2,1H3,(H,17,18,19). The number of hydrogen-bond donors (Lipinski definition) is 1. The minimum Gasteiger partial charge on any atom is -0.493 e. The van der Waals surface area contributed by atoms with Gasteiger partial charge in [0.05, 0.1) is 18.2 Å². The van der Waals surface area contributed by atoms with Gasteiger partial charge in [-0.15, -0.1) is 0 Å². The van der Waals surface area contributed by atoms with Gasteiger partial charge in [-0.05, 0) is 18.1 Å². The Kier molecular flexibility index (Phi) is 3.14. The van der Waals surface area contributed by atoms with E-state index in [1.165, 1.54) is 5.56 Å². The zero-order valence-corrected chi connectivity index (χ0v) is 12.4. The SMILES string of the molecule is Cn1ncc2c(NCC3COc4ccccc4C3)ncnc21. The molecule has 6 heteroatoms. The van der Waals surface area contributed by atoms with E-state index in [0.29, 0.717) is 5.92 Å². The van der Waals surface area contributed by atoms with Crippen LogP contribution in [0, 0.1) is 5.92 Å². The number of aryl methyl sites for hydroxylation is 1. The Morgan fingerprint density at radius 1 is 1.32 bits per heavy atom. The highest BCUT2D eigenvalue weighted by atomic mass is 16.5. The van der Waals surface area contributed by atoms with Crippen molar-refractivity contribution in [3.05, 3.63) is 42.4 Å². The molecule has 0 amide bonds. The third-order valence-corrected chi connectivity index (χ3v) is 4.04. The maximum absolute atomic E-state index is 5.83. The molecule has 1 aromatic carbocycles. The van der Waals surface area contributed by atoms with Crippen molar-refractivity contribution in [3.8, 4) is 5.75 Å². The van der Waals surface area contributed by atoms with Crippen molar-refractivity contribution in [2.75, 3.05) is 18.5 Å². The molecular formula is C16H17N5O. The lowest BCUT2D eigenvalue weighted by Crippen LogP contribution is -2.27. The van der Waals surface area contributed by atoms with Gasteiger partial charge in [0, 0.05) is 19.5 Å². The highest BCUT2D eigenvalue weighted by Gasteiger charge is 2.19. The average Bonchev–Trinajstić information content (AvgIpc) is 2.95. The van der Waals surface area contributed by atoms with Crippen molar-refractivity contribution in [1.29, 1.82) is 0 Å². The van der Waals surface area contributed by atoms with E-state index in [1.54, 1.807) is 17.2 Å². The second-order valence-electron chi connectivity index (χ2n) is 5.60. The second kappa shape index (κ2) is 5.29. The van der Waals surface area contributed by atoms with E-state index >= 15 is 0 Å². The van der Waals surface area contributed by atoms with Gasteiger partial charge in [-0.1, -0.05) is 18.2 Å². The summed E-state index contributed by atoms with van der Waals surface area (Å²) in [6, 6.07) is 8.23. The van der Waals surface area contributed by atoms with Crippen molar-refractivity contribution < 1.29 is 4.74 Å². The number of para-hydroxylation sites is 1. The number of nitrogens with zero attached hydrogens (tertiary/aromatic N) is 4. The van der Waals surface area contributed by atoms with Crippen LogP contribution in [0.1, 0.15) is 5.56 Å². The van der Waals surface area contributed by atoms with Crippen molar-refractivity contribution in [1.82, 2.24) is 19.7 Å². The van der Waals surface area contributed by atoms with Gasteiger partial charge in [-0.25, -0.2) is 9.97 Å². The number of benzene rings is 1. The molecule has 1 aliphatic rings. The van der Waals surface area contributed by atoms with Crippen LogP contribution in [0.3, 0.4) is 0 Å². The molecule has 0 saturated carbocycles. The summed E-state index contributed by atoms with van der Waals surface area (Å²) in [7, 11) is 1.88. The summed E-state index contributed by atoms with van der Waals surface area (Å²) >= 11 is 0. The minimum atomic E-state index is 0.427. The molecule has 3 aromatic rings. The first-order chi connectivity index (χ1) is 10.8. The van der Waals surface area contributed by atoms with Crippen LogP contribution >= 0.6 is 0 Å². The first-order valence-electron chi connectivity index (χ1n) is 7.38. The van der Waals surface area contributed by atoms with Crippen LogP contribution in [0.5, 0.6) is 5.75 Å². The number of rotatable bonds is 3. The first-order valence-corrected chi connectivity index (χ1v) is 7.38. The van der Waals surface area contributed by atoms with E-state index in [4.69, 9.17) is 4.74 Å². The third kappa shape index (κ3) is 2.26. The maximum atomic E-state index is 5.83. The largest absolute Gasteiger partial charge is 0.493 e. The maximum Gasteiger partial charge on any atom is 0.163 e. The molecule has 6 nitrogen and oxygen atoms in total. The molecule has 112 valence electrons. The number of anilines is 1. The molecule has 0 bridgehead atoms. The molecule has 2 aromatic heterocycles. The molecule has 1 unspecified atom stereocenters. The fraction of sp³-hybridized carbons (Fsp3) is 0.312. The first kappa shape index (κ1) is 13.1. The Hall–Kier alpha value is -2.63. The molecule has 1 N–H and O–H groups in total. The van der Waals surface area contributed by atoms with E-state index in [9.17, 15) is 0 Å². The summed E-state index contributed by atoms with van der Waals surface area (Å²) < 4.78 is 7.58. The van der Waals surface area contributed by atoms with Gasteiger partial charge in [-0.3, -0.25) is 4.68 Å². The molecule has 0 aliphatic carbocycles. The molecule has 0 spiro atoms. The van der Waals surface area contributed by atoms with E-state index < -0.39 is 0 Å². The van der Waals surface area contributed by atoms with Crippen molar-refractivity contribution in [3.63, 3.8) is 0 Å². The van der Waals surface area contributed by atoms with E-state index in [1.807, 2.05) is 19.2 Å². The lowest BCUT2D eigenvalue weighted by atomic mass is 9.97. The molecule has 22 heavy (non-hydrogen) atoms. The summed E-state index contributed by atoms with van der Waals surface area (Å²) in [4.78, 5) is 8.58. The van der Waals surface area contributed by atoms with Crippen LogP contribution in [0.25, 0.3) is 11.0 Å². The fourth-order valence-corrected chi connectivity index (χ4v) is 2.87. The van der Waals surface area contributed by atoms with Crippen LogP contribution in [0.15, 0.2) is 36.8 Å². The molecule has 0 fully saturated rings. The van der Waals surface area contributed by atoms with Crippen molar-refractivity contribution in [2.45, 2.75) is 6.42 Å². The highest BCUT2D eigenvalue weighted by Crippen LogP contribution is 2.27. The number of aromatic nitrogens is 4. The molecule has 1 atom stereocenters. The van der Waals surface area contributed by atoms with Crippen LogP contribution in [-0.2, 0) is 13.5 Å². The fourth-order valence-electron chi connectivity index (χ4n) is 2.87. The Bertz CT molecular complexity index is 813. The second-order valence-corrected chi connectivity index (χ2v) is 5.60. The molecule has 0 saturated heterocycles. The summed E-state index contributed by atoms with van der Waals surface area (Å²) in [6.45, 7) is 1.54. The monoisotopic (exact) mass is 295 g/mol. The predicted octanol–water partition coefficient (Wildman–Crippen LogP) is 2.03. The van der Waals surface area contributed by atoms with Gasteiger partial charge in [0.1, 0.15) is 17.9 Å². The Labute approximate surface area is 128 Å². The lowest BCUT2D eigenvalue weighted by molar-refractivity contribution is 0.229. The summed E-state index contributed by atoms with van der Waals surface area (Å²) in [5.74, 6) is 2.27. The van der Waals surface area contributed by atoms with Gasteiger partial charge in [0.2, 0.25) is 0 Å². The van der Waals surface area contributed by atoms with Gasteiger partial charge >= 0.3 is 0 Å². The minimum absolute atomic E-state index is 0.427. The summed E-state index contributed by atoms with van der Waals surface area (Å²) in [5, 5.41) is 8.59.